The number of thioether (sulfide) groups is 1. The average molecular weight is 595 g/mol. The van der Waals surface area contributed by atoms with Gasteiger partial charge < -0.3 is 20.6 Å². The van der Waals surface area contributed by atoms with Crippen LogP contribution < -0.4 is 10.6 Å². The molecule has 1 spiro atoms. The van der Waals surface area contributed by atoms with Gasteiger partial charge in [-0.05, 0) is 44.6 Å². The summed E-state index contributed by atoms with van der Waals surface area (Å²) in [5.74, 6) is -1.72. The summed E-state index contributed by atoms with van der Waals surface area (Å²) < 4.78 is -0.726. The van der Waals surface area contributed by atoms with Gasteiger partial charge in [0.25, 0.3) is 0 Å². The number of amides is 3. The minimum Gasteiger partial charge on any atom is -0.394 e. The minimum atomic E-state index is -0.756. The molecule has 3 aliphatic heterocycles. The zero-order valence-electron chi connectivity index (χ0n) is 22.6. The summed E-state index contributed by atoms with van der Waals surface area (Å²) in [5.41, 5.74) is 0.510. The highest BCUT2D eigenvalue weighted by atomic mass is 79.9. The summed E-state index contributed by atoms with van der Waals surface area (Å²) in [4.78, 5) is 43.2. The molecule has 7 atom stereocenters. The van der Waals surface area contributed by atoms with Crippen molar-refractivity contribution in [3.05, 3.63) is 35.9 Å². The van der Waals surface area contributed by atoms with E-state index in [1.807, 2.05) is 44.2 Å². The summed E-state index contributed by atoms with van der Waals surface area (Å²) in [6.07, 6.45) is 1.38. The summed E-state index contributed by atoms with van der Waals surface area (Å²) in [5, 5.41) is 16.2. The number of aliphatic hydroxyl groups excluding tert-OH is 1. The maximum absolute atomic E-state index is 14.0. The molecule has 204 valence electrons. The molecule has 37 heavy (non-hydrogen) atoms. The van der Waals surface area contributed by atoms with Crippen molar-refractivity contribution in [2.45, 2.75) is 93.4 Å². The van der Waals surface area contributed by atoms with Crippen molar-refractivity contribution < 1.29 is 19.5 Å². The van der Waals surface area contributed by atoms with Crippen LogP contribution in [0.3, 0.4) is 0 Å². The molecule has 3 unspecified atom stereocenters. The molecule has 0 radical (unpaired) electrons. The molecule has 9 heteroatoms. The second kappa shape index (κ2) is 10.2. The maximum atomic E-state index is 14.0. The van der Waals surface area contributed by atoms with E-state index in [0.29, 0.717) is 13.0 Å². The monoisotopic (exact) mass is 593 g/mol. The molecule has 3 N–H and O–H groups in total. The number of benzene rings is 1. The largest absolute Gasteiger partial charge is 0.394 e. The number of aliphatic hydroxyl groups is 1. The van der Waals surface area contributed by atoms with Gasteiger partial charge >= 0.3 is 0 Å². The van der Waals surface area contributed by atoms with Crippen molar-refractivity contribution in [3.8, 4) is 0 Å². The molecule has 3 saturated heterocycles. The van der Waals surface area contributed by atoms with Crippen LogP contribution >= 0.6 is 27.7 Å². The Bertz CT molecular complexity index is 1050. The van der Waals surface area contributed by atoms with E-state index in [-0.39, 0.29) is 39.8 Å². The van der Waals surface area contributed by atoms with Crippen molar-refractivity contribution in [2.24, 2.45) is 17.3 Å². The highest BCUT2D eigenvalue weighted by Crippen LogP contribution is 2.68. The van der Waals surface area contributed by atoms with Crippen LogP contribution in [0.25, 0.3) is 0 Å². The van der Waals surface area contributed by atoms with Crippen LogP contribution in [0.4, 0.5) is 0 Å². The van der Waals surface area contributed by atoms with E-state index < -0.39 is 34.2 Å². The number of fused-ring (bicyclic) bond motifs is 1. The standard InChI is InChI=1S/C28H40BrN3O4S/c1-16(14-33)32-22(24(35)31-27(5,6)15-26(2,3)4)28-12-18(29)21(37-28)19(20(28)25(32)36)23(34)30-13-17-10-8-7-9-11-17/h7-11,16,18-22,33H,12-15H2,1-6H3,(H,30,34)(H,31,35)/t16-,18?,19+,20+,21+,22?,28?/m1/s1. The number of alkyl halides is 1. The first-order valence-corrected chi connectivity index (χ1v) is 14.9. The molecular formula is C28H40BrN3O4S. The molecule has 2 bridgehead atoms. The molecule has 1 aromatic carbocycles. The van der Waals surface area contributed by atoms with Crippen LogP contribution in [0.15, 0.2) is 30.3 Å². The molecule has 4 rings (SSSR count). The summed E-state index contributed by atoms with van der Waals surface area (Å²) in [7, 11) is 0. The summed E-state index contributed by atoms with van der Waals surface area (Å²) >= 11 is 5.41. The van der Waals surface area contributed by atoms with Gasteiger partial charge in [-0.2, -0.15) is 0 Å². The van der Waals surface area contributed by atoms with Gasteiger partial charge in [0.05, 0.1) is 29.2 Å². The Kier molecular flexibility index (Phi) is 7.83. The molecular weight excluding hydrogens is 554 g/mol. The number of carbonyl (C=O) groups excluding carboxylic acids is 3. The molecule has 1 aromatic rings. The molecule has 3 heterocycles. The second-order valence-electron chi connectivity index (χ2n) is 12.8. The normalized spacial score (nSPS) is 31.8. The Labute approximate surface area is 233 Å². The van der Waals surface area contributed by atoms with E-state index in [9.17, 15) is 19.5 Å². The third kappa shape index (κ3) is 5.33. The molecule has 0 aliphatic carbocycles. The summed E-state index contributed by atoms with van der Waals surface area (Å²) in [6, 6.07) is 8.41. The third-order valence-electron chi connectivity index (χ3n) is 7.76. The highest BCUT2D eigenvalue weighted by Gasteiger charge is 2.76. The zero-order valence-corrected chi connectivity index (χ0v) is 25.0. The summed E-state index contributed by atoms with van der Waals surface area (Å²) in [6.45, 7) is 12.3. The van der Waals surface area contributed by atoms with Gasteiger partial charge in [-0.3, -0.25) is 14.4 Å². The van der Waals surface area contributed by atoms with Crippen molar-refractivity contribution in [1.82, 2.24) is 15.5 Å². The zero-order chi connectivity index (χ0) is 27.3. The fraction of sp³-hybridized carbons (Fsp3) is 0.679. The number of likely N-dealkylation sites (tertiary alicyclic amines) is 1. The highest BCUT2D eigenvalue weighted by molar-refractivity contribution is 9.09. The van der Waals surface area contributed by atoms with E-state index in [0.717, 1.165) is 12.0 Å². The van der Waals surface area contributed by atoms with Gasteiger partial charge in [0, 0.05) is 22.2 Å². The second-order valence-corrected chi connectivity index (χ2v) is 15.5. The fourth-order valence-corrected chi connectivity index (χ4v) is 10.5. The Morgan fingerprint density at radius 1 is 1.19 bits per heavy atom. The van der Waals surface area contributed by atoms with Crippen molar-refractivity contribution in [2.75, 3.05) is 6.61 Å². The fourth-order valence-electron chi connectivity index (χ4n) is 6.90. The van der Waals surface area contributed by atoms with Gasteiger partial charge in [0.15, 0.2) is 0 Å². The van der Waals surface area contributed by atoms with Crippen molar-refractivity contribution in [1.29, 1.82) is 0 Å². The first-order valence-electron chi connectivity index (χ1n) is 13.1. The maximum Gasteiger partial charge on any atom is 0.244 e. The number of halogens is 1. The first-order chi connectivity index (χ1) is 17.2. The van der Waals surface area contributed by atoms with Crippen molar-refractivity contribution >= 4 is 45.4 Å². The minimum absolute atomic E-state index is 0.00459. The Balaban J connectivity index is 1.65. The number of carbonyl (C=O) groups is 3. The number of hydrogen-bond acceptors (Lipinski definition) is 5. The molecule has 3 fully saturated rings. The Hall–Kier alpha value is -1.58. The molecule has 3 aliphatic rings. The van der Waals surface area contributed by atoms with Gasteiger partial charge in [-0.15, -0.1) is 11.8 Å². The van der Waals surface area contributed by atoms with E-state index in [2.05, 4.69) is 47.3 Å². The van der Waals surface area contributed by atoms with Gasteiger partial charge in [-0.1, -0.05) is 67.0 Å². The van der Waals surface area contributed by atoms with E-state index in [4.69, 9.17) is 0 Å². The lowest BCUT2D eigenvalue weighted by molar-refractivity contribution is -0.142. The van der Waals surface area contributed by atoms with E-state index >= 15 is 0 Å². The van der Waals surface area contributed by atoms with Crippen LogP contribution in [-0.4, -0.2) is 66.8 Å². The smallest absolute Gasteiger partial charge is 0.244 e. The third-order valence-corrected chi connectivity index (χ3v) is 11.0. The Morgan fingerprint density at radius 2 is 1.84 bits per heavy atom. The van der Waals surface area contributed by atoms with Crippen LogP contribution in [0, 0.1) is 17.3 Å². The van der Waals surface area contributed by atoms with Crippen molar-refractivity contribution in [3.63, 3.8) is 0 Å². The Morgan fingerprint density at radius 3 is 2.43 bits per heavy atom. The lowest BCUT2D eigenvalue weighted by atomic mass is 9.70. The lowest BCUT2D eigenvalue weighted by Crippen LogP contribution is -2.60. The number of hydrogen-bond donors (Lipinski definition) is 3. The van der Waals surface area contributed by atoms with E-state index in [1.165, 1.54) is 0 Å². The predicted octanol–water partition coefficient (Wildman–Crippen LogP) is 3.48. The quantitative estimate of drug-likeness (QED) is 0.401. The lowest BCUT2D eigenvalue weighted by Gasteiger charge is -2.40. The topological polar surface area (TPSA) is 98.7 Å². The SMILES string of the molecule is C[C@H](CO)N1C(=O)[C@@H]2[C@H](C(=O)NCc3ccccc3)[C@H]3SC2(CC3Br)C1C(=O)NC(C)(C)CC(C)(C)C. The van der Waals surface area contributed by atoms with Crippen LogP contribution in [0.2, 0.25) is 0 Å². The molecule has 0 aromatic heterocycles. The number of nitrogens with zero attached hydrogens (tertiary/aromatic N) is 1. The number of nitrogens with one attached hydrogen (secondary N) is 2. The van der Waals surface area contributed by atoms with Gasteiger partial charge in [-0.25, -0.2) is 0 Å². The van der Waals surface area contributed by atoms with Crippen LogP contribution in [-0.2, 0) is 20.9 Å². The number of rotatable bonds is 8. The van der Waals surface area contributed by atoms with Gasteiger partial charge in [0.2, 0.25) is 17.7 Å². The first kappa shape index (κ1) is 28.4. The van der Waals surface area contributed by atoms with E-state index in [1.54, 1.807) is 23.6 Å². The van der Waals surface area contributed by atoms with Gasteiger partial charge in [0.1, 0.15) is 6.04 Å². The van der Waals surface area contributed by atoms with Crippen LogP contribution in [0.1, 0.15) is 59.9 Å². The molecule has 0 saturated carbocycles. The molecule has 7 nitrogen and oxygen atoms in total. The molecule has 3 amide bonds. The van der Waals surface area contributed by atoms with Crippen LogP contribution in [0.5, 0.6) is 0 Å². The average Bonchev–Trinajstić information content (AvgIpc) is 3.39. The predicted molar refractivity (Wildman–Crippen MR) is 150 cm³/mol.